The summed E-state index contributed by atoms with van der Waals surface area (Å²) in [5.74, 6) is -0.102. The number of aryl methyl sites for hydroxylation is 1. The minimum atomic E-state index is -0.102. The van der Waals surface area contributed by atoms with Gasteiger partial charge in [-0.15, -0.1) is 0 Å². The number of nitrogens with one attached hydrogen (secondary N) is 1. The SMILES string of the molecule is CCN(CCNC(=O)c1nn(CC)c2c1COCC2)Cc1ccccc1. The first-order valence-electron chi connectivity index (χ1n) is 9.43. The first-order chi connectivity index (χ1) is 12.7. The number of aromatic nitrogens is 2. The number of carbonyl (C=O) groups is 1. The Bertz CT molecular complexity index is 727. The fourth-order valence-electron chi connectivity index (χ4n) is 3.35. The average molecular weight is 356 g/mol. The van der Waals surface area contributed by atoms with Crippen molar-refractivity contribution in [3.8, 4) is 0 Å². The van der Waals surface area contributed by atoms with Gasteiger partial charge in [0.1, 0.15) is 0 Å². The summed E-state index contributed by atoms with van der Waals surface area (Å²) in [4.78, 5) is 14.9. The van der Waals surface area contributed by atoms with Crippen molar-refractivity contribution in [2.24, 2.45) is 0 Å². The molecule has 0 atom stereocenters. The largest absolute Gasteiger partial charge is 0.376 e. The number of nitrogens with zero attached hydrogens (tertiary/aromatic N) is 3. The van der Waals surface area contributed by atoms with E-state index >= 15 is 0 Å². The number of hydrogen-bond donors (Lipinski definition) is 1. The Morgan fingerprint density at radius 1 is 1.31 bits per heavy atom. The van der Waals surface area contributed by atoms with E-state index in [1.165, 1.54) is 5.56 Å². The van der Waals surface area contributed by atoms with Gasteiger partial charge in [0.05, 0.1) is 13.2 Å². The summed E-state index contributed by atoms with van der Waals surface area (Å²) in [5.41, 5.74) is 3.90. The zero-order valence-electron chi connectivity index (χ0n) is 15.7. The molecule has 2 heterocycles. The molecule has 0 bridgehead atoms. The predicted molar refractivity (Wildman–Crippen MR) is 101 cm³/mol. The Morgan fingerprint density at radius 3 is 2.85 bits per heavy atom. The Kier molecular flexibility index (Phi) is 6.41. The average Bonchev–Trinajstić information content (AvgIpc) is 3.07. The van der Waals surface area contributed by atoms with Crippen LogP contribution < -0.4 is 5.32 Å². The number of amides is 1. The first kappa shape index (κ1) is 18.6. The van der Waals surface area contributed by atoms with Crippen LogP contribution >= 0.6 is 0 Å². The summed E-state index contributed by atoms with van der Waals surface area (Å²) >= 11 is 0. The normalized spacial score (nSPS) is 13.7. The molecule has 0 spiro atoms. The monoisotopic (exact) mass is 356 g/mol. The number of likely N-dealkylation sites (N-methyl/N-ethyl adjacent to an activating group) is 1. The molecule has 0 unspecified atom stereocenters. The molecule has 26 heavy (non-hydrogen) atoms. The summed E-state index contributed by atoms with van der Waals surface area (Å²) in [7, 11) is 0. The molecule has 3 rings (SSSR count). The number of benzene rings is 1. The molecule has 140 valence electrons. The van der Waals surface area contributed by atoms with Gasteiger partial charge in [0.25, 0.3) is 5.91 Å². The van der Waals surface area contributed by atoms with E-state index in [0.29, 0.717) is 25.5 Å². The maximum atomic E-state index is 12.6. The van der Waals surface area contributed by atoms with Gasteiger partial charge in [0.2, 0.25) is 0 Å². The smallest absolute Gasteiger partial charge is 0.272 e. The Labute approximate surface area is 155 Å². The van der Waals surface area contributed by atoms with Gasteiger partial charge in [-0.2, -0.15) is 5.10 Å². The van der Waals surface area contributed by atoms with Crippen molar-refractivity contribution in [3.63, 3.8) is 0 Å². The molecular weight excluding hydrogens is 328 g/mol. The second-order valence-corrected chi connectivity index (χ2v) is 6.50. The highest BCUT2D eigenvalue weighted by Gasteiger charge is 2.24. The summed E-state index contributed by atoms with van der Waals surface area (Å²) in [6.45, 7) is 9.39. The van der Waals surface area contributed by atoms with Crippen LogP contribution in [0.25, 0.3) is 0 Å². The molecule has 2 aromatic rings. The number of fused-ring (bicyclic) bond motifs is 1. The third-order valence-electron chi connectivity index (χ3n) is 4.82. The van der Waals surface area contributed by atoms with Gasteiger partial charge in [-0.25, -0.2) is 0 Å². The minimum Gasteiger partial charge on any atom is -0.376 e. The van der Waals surface area contributed by atoms with Gasteiger partial charge < -0.3 is 10.1 Å². The molecule has 0 saturated heterocycles. The fourth-order valence-corrected chi connectivity index (χ4v) is 3.35. The first-order valence-corrected chi connectivity index (χ1v) is 9.43. The van der Waals surface area contributed by atoms with E-state index < -0.39 is 0 Å². The molecule has 1 aliphatic rings. The highest BCUT2D eigenvalue weighted by molar-refractivity contribution is 5.94. The third kappa shape index (κ3) is 4.31. The van der Waals surface area contributed by atoms with Crippen LogP contribution in [-0.4, -0.2) is 46.8 Å². The van der Waals surface area contributed by atoms with Gasteiger partial charge in [0, 0.05) is 43.9 Å². The van der Waals surface area contributed by atoms with Gasteiger partial charge in [-0.05, 0) is 19.0 Å². The summed E-state index contributed by atoms with van der Waals surface area (Å²) < 4.78 is 7.46. The molecular formula is C20H28N4O2. The lowest BCUT2D eigenvalue weighted by molar-refractivity contribution is 0.0920. The fraction of sp³-hybridized carbons (Fsp3) is 0.500. The molecule has 1 aromatic heterocycles. The van der Waals surface area contributed by atoms with Gasteiger partial charge >= 0.3 is 0 Å². The number of ether oxygens (including phenoxy) is 1. The second kappa shape index (κ2) is 8.96. The van der Waals surface area contributed by atoms with Crippen LogP contribution in [0, 0.1) is 0 Å². The Morgan fingerprint density at radius 2 is 2.12 bits per heavy atom. The summed E-state index contributed by atoms with van der Waals surface area (Å²) in [5, 5.41) is 7.53. The van der Waals surface area contributed by atoms with E-state index in [4.69, 9.17) is 4.74 Å². The van der Waals surface area contributed by atoms with E-state index in [9.17, 15) is 4.79 Å². The van der Waals surface area contributed by atoms with E-state index in [1.54, 1.807) is 0 Å². The maximum absolute atomic E-state index is 12.6. The third-order valence-corrected chi connectivity index (χ3v) is 4.82. The van der Waals surface area contributed by atoms with E-state index in [2.05, 4.69) is 46.5 Å². The number of carbonyl (C=O) groups excluding carboxylic acids is 1. The molecule has 1 aliphatic heterocycles. The van der Waals surface area contributed by atoms with Crippen LogP contribution in [0.1, 0.15) is 41.2 Å². The highest BCUT2D eigenvalue weighted by Crippen LogP contribution is 2.20. The van der Waals surface area contributed by atoms with Crippen LogP contribution in [0.4, 0.5) is 0 Å². The summed E-state index contributed by atoms with van der Waals surface area (Å²) in [6, 6.07) is 10.4. The Hall–Kier alpha value is -2.18. The van der Waals surface area contributed by atoms with Gasteiger partial charge in [0.15, 0.2) is 5.69 Å². The van der Waals surface area contributed by atoms with Crippen LogP contribution in [0.15, 0.2) is 30.3 Å². The van der Waals surface area contributed by atoms with E-state index in [0.717, 1.165) is 43.9 Å². The van der Waals surface area contributed by atoms with Crippen molar-refractivity contribution < 1.29 is 9.53 Å². The zero-order valence-corrected chi connectivity index (χ0v) is 15.7. The lowest BCUT2D eigenvalue weighted by Crippen LogP contribution is -2.35. The molecule has 1 amide bonds. The molecule has 6 nitrogen and oxygen atoms in total. The molecule has 0 fully saturated rings. The molecule has 0 radical (unpaired) electrons. The van der Waals surface area contributed by atoms with Crippen LogP contribution in [0.3, 0.4) is 0 Å². The lowest BCUT2D eigenvalue weighted by atomic mass is 10.1. The van der Waals surface area contributed by atoms with Crippen molar-refractivity contribution in [2.45, 2.75) is 40.0 Å². The van der Waals surface area contributed by atoms with Crippen LogP contribution in [0.5, 0.6) is 0 Å². The maximum Gasteiger partial charge on any atom is 0.272 e. The van der Waals surface area contributed by atoms with E-state index in [1.807, 2.05) is 17.7 Å². The van der Waals surface area contributed by atoms with Crippen molar-refractivity contribution in [2.75, 3.05) is 26.2 Å². The quantitative estimate of drug-likeness (QED) is 0.788. The molecule has 1 N–H and O–H groups in total. The molecule has 1 aromatic carbocycles. The standard InChI is InChI=1S/C20H28N4O2/c1-3-23(14-16-8-6-5-7-9-16)12-11-21-20(25)19-17-15-26-13-10-18(17)24(4-2)22-19/h5-9H,3-4,10-15H2,1-2H3,(H,21,25). The lowest BCUT2D eigenvalue weighted by Gasteiger charge is -2.20. The highest BCUT2D eigenvalue weighted by atomic mass is 16.5. The summed E-state index contributed by atoms with van der Waals surface area (Å²) in [6.07, 6.45) is 0.824. The molecule has 6 heteroatoms. The van der Waals surface area contributed by atoms with Crippen LogP contribution in [-0.2, 0) is 30.9 Å². The van der Waals surface area contributed by atoms with E-state index in [-0.39, 0.29) is 5.91 Å². The molecule has 0 saturated carbocycles. The van der Waals surface area contributed by atoms with Crippen molar-refractivity contribution >= 4 is 5.91 Å². The van der Waals surface area contributed by atoms with Crippen LogP contribution in [0.2, 0.25) is 0 Å². The second-order valence-electron chi connectivity index (χ2n) is 6.50. The number of rotatable bonds is 8. The molecule has 0 aliphatic carbocycles. The zero-order chi connectivity index (χ0) is 18.4. The van der Waals surface area contributed by atoms with Gasteiger partial charge in [-0.3, -0.25) is 14.4 Å². The van der Waals surface area contributed by atoms with Crippen molar-refractivity contribution in [1.29, 1.82) is 0 Å². The minimum absolute atomic E-state index is 0.102. The number of hydrogen-bond acceptors (Lipinski definition) is 4. The van der Waals surface area contributed by atoms with Crippen molar-refractivity contribution in [1.82, 2.24) is 20.0 Å². The Balaban J connectivity index is 1.56. The van der Waals surface area contributed by atoms with Gasteiger partial charge in [-0.1, -0.05) is 37.3 Å². The topological polar surface area (TPSA) is 59.4 Å². The van der Waals surface area contributed by atoms with Crippen molar-refractivity contribution in [3.05, 3.63) is 52.8 Å². The predicted octanol–water partition coefficient (Wildman–Crippen LogP) is 2.23.